The Kier molecular flexibility index (Phi) is 18.4. The Morgan fingerprint density at radius 1 is 0.178 bits per heavy atom. The zero-order chi connectivity index (χ0) is 61.0. The van der Waals surface area contributed by atoms with Crippen LogP contribution in [0.1, 0.15) is 66.8 Å². The summed E-state index contributed by atoms with van der Waals surface area (Å²) >= 11 is -7.84. The van der Waals surface area contributed by atoms with Crippen molar-refractivity contribution < 1.29 is 37.0 Å². The Labute approximate surface area is 529 Å². The van der Waals surface area contributed by atoms with Gasteiger partial charge in [-0.25, -0.2) is 0 Å². The predicted octanol–water partition coefficient (Wildman–Crippen LogP) is 14.9. The van der Waals surface area contributed by atoms with Gasteiger partial charge in [0.1, 0.15) is 0 Å². The molecule has 0 radical (unpaired) electrons. The minimum atomic E-state index is -7.84. The molecule has 0 aromatic heterocycles. The monoisotopic (exact) mass is 1290 g/mol. The summed E-state index contributed by atoms with van der Waals surface area (Å²) in [5.74, 6) is -4.26. The molecule has 10 heteroatoms. The Bertz CT molecular complexity index is 3340. The molecular weight excluding hydrogens is 1220 g/mol. The van der Waals surface area contributed by atoms with E-state index in [1.807, 2.05) is 364 Å². The fourth-order valence-corrected chi connectivity index (χ4v) is 17.6. The molecule has 0 bridgehead atoms. The summed E-state index contributed by atoms with van der Waals surface area (Å²) in [6.45, 7) is 0. The van der Waals surface area contributed by atoms with Gasteiger partial charge in [-0.05, 0) is 0 Å². The van der Waals surface area contributed by atoms with Gasteiger partial charge in [-0.1, -0.05) is 0 Å². The average Bonchev–Trinajstić information content (AvgIpc) is 0.910. The number of carbonyl (C=O) groups is 4. The first kappa shape index (κ1) is 60.9. The van der Waals surface area contributed by atoms with Crippen LogP contribution in [0, 0.1) is 0 Å². The van der Waals surface area contributed by atoms with Crippen LogP contribution in [0.15, 0.2) is 364 Å². The van der Waals surface area contributed by atoms with Gasteiger partial charge in [0.15, 0.2) is 0 Å². The van der Waals surface area contributed by atoms with Gasteiger partial charge in [0.2, 0.25) is 0 Å². The number of hydrogen-bond donors (Lipinski definition) is 0. The van der Waals surface area contributed by atoms with Crippen LogP contribution in [0.5, 0.6) is 0 Å². The molecule has 0 spiro atoms. The van der Waals surface area contributed by atoms with Crippen LogP contribution in [0.25, 0.3) is 0 Å². The minimum absolute atomic E-state index is 0. The molecule has 440 valence electrons. The first-order valence-electron chi connectivity index (χ1n) is 29.4. The Hall–Kier alpha value is -10.7. The zero-order valence-electron chi connectivity index (χ0n) is 48.9. The van der Waals surface area contributed by atoms with Crippen LogP contribution < -0.4 is 0 Å². The maximum absolute atomic E-state index is 17.5. The van der Waals surface area contributed by atoms with E-state index in [1.165, 1.54) is 0 Å². The fourth-order valence-electron chi connectivity index (χ4n) is 12.6. The molecule has 2 N–H and O–H groups in total. The van der Waals surface area contributed by atoms with Gasteiger partial charge in [0, 0.05) is 0 Å². The van der Waals surface area contributed by atoms with E-state index in [4.69, 9.17) is 12.3 Å². The normalized spacial score (nSPS) is 11.6. The van der Waals surface area contributed by atoms with E-state index < -0.39 is 65.6 Å². The second-order valence-electron chi connectivity index (χ2n) is 21.5. The van der Waals surface area contributed by atoms with Crippen LogP contribution in [-0.2, 0) is 53.1 Å². The van der Waals surface area contributed by atoms with Gasteiger partial charge in [-0.15, -0.1) is 0 Å². The van der Waals surface area contributed by atoms with Crippen molar-refractivity contribution in [3.63, 3.8) is 0 Å². The molecule has 90 heavy (non-hydrogen) atoms. The molecule has 0 saturated carbocycles. The first-order valence-corrected chi connectivity index (χ1v) is 34.0. The van der Waals surface area contributed by atoms with Gasteiger partial charge in [-0.2, -0.15) is 0 Å². The molecule has 0 aliphatic carbocycles. The van der Waals surface area contributed by atoms with Crippen molar-refractivity contribution in [2.75, 3.05) is 0 Å². The molecule has 12 aromatic carbocycles. The second kappa shape index (κ2) is 27.1. The number of rotatable bonds is 20. The molecule has 0 saturated heterocycles. The molecule has 0 aliphatic rings. The van der Waals surface area contributed by atoms with Gasteiger partial charge in [0.25, 0.3) is 0 Å². The van der Waals surface area contributed by atoms with Crippen molar-refractivity contribution in [3.8, 4) is 0 Å². The molecule has 0 atom stereocenters. The molecule has 0 heterocycles. The third kappa shape index (κ3) is 11.1. The van der Waals surface area contributed by atoms with E-state index in [0.29, 0.717) is 66.8 Å². The number of hydrogen-bond acceptors (Lipinski definition) is 8. The van der Waals surface area contributed by atoms with Crippen molar-refractivity contribution >= 4 is 43.9 Å². The summed E-state index contributed by atoms with van der Waals surface area (Å²) in [5, 5.41) is 0. The van der Waals surface area contributed by atoms with E-state index in [1.54, 1.807) is 0 Å². The summed E-state index contributed by atoms with van der Waals surface area (Å²) < 4.78 is 29.7. The standard InChI is InChI=1S/4C20H16O2.H2O.Sn/c4*21-19(22)20(16-10-4-1-5-11-16,17-12-6-2-7-13-17)18-14-8-3-9-15-18;;/h4*1-15H,(H,21,22);1H2;/q;;;;;+4/p-4. The van der Waals surface area contributed by atoms with Crippen molar-refractivity contribution in [3.05, 3.63) is 431 Å². The fraction of sp³-hybridized carbons (Fsp3) is 0.0500. The van der Waals surface area contributed by atoms with Crippen LogP contribution in [-0.4, -0.2) is 49.4 Å². The molecule has 0 amide bonds. The van der Waals surface area contributed by atoms with Crippen molar-refractivity contribution in [1.82, 2.24) is 0 Å². The van der Waals surface area contributed by atoms with Crippen molar-refractivity contribution in [1.29, 1.82) is 0 Å². The topological polar surface area (TPSA) is 137 Å². The van der Waals surface area contributed by atoms with Crippen LogP contribution >= 0.6 is 0 Å². The van der Waals surface area contributed by atoms with Crippen LogP contribution in [0.3, 0.4) is 0 Å². The van der Waals surface area contributed by atoms with E-state index in [2.05, 4.69) is 0 Å². The Morgan fingerprint density at radius 3 is 0.356 bits per heavy atom. The molecule has 12 aromatic rings. The predicted molar refractivity (Wildman–Crippen MR) is 351 cm³/mol. The van der Waals surface area contributed by atoms with E-state index >= 15 is 19.2 Å². The summed E-state index contributed by atoms with van der Waals surface area (Å²) in [6, 6.07) is 109. The molecule has 0 fully saturated rings. The van der Waals surface area contributed by atoms with Crippen LogP contribution in [0.4, 0.5) is 0 Å². The van der Waals surface area contributed by atoms with Gasteiger partial charge in [0.05, 0.1) is 0 Å². The van der Waals surface area contributed by atoms with E-state index in [0.717, 1.165) is 0 Å². The summed E-state index contributed by atoms with van der Waals surface area (Å²) in [6.07, 6.45) is 0. The zero-order valence-corrected chi connectivity index (χ0v) is 51.8. The van der Waals surface area contributed by atoms with Gasteiger partial charge < -0.3 is 5.48 Å². The first-order chi connectivity index (χ1) is 43.8. The maximum atomic E-state index is 17.5. The molecule has 12 rings (SSSR count). The number of benzene rings is 12. The summed E-state index contributed by atoms with van der Waals surface area (Å²) in [5.41, 5.74) is -2.48. The summed E-state index contributed by atoms with van der Waals surface area (Å²) in [4.78, 5) is 69.8. The number of carbonyl (C=O) groups excluding carboxylic acids is 4. The second-order valence-corrected chi connectivity index (χ2v) is 26.6. The van der Waals surface area contributed by atoms with E-state index in [9.17, 15) is 0 Å². The van der Waals surface area contributed by atoms with E-state index in [-0.39, 0.29) is 5.48 Å². The summed E-state index contributed by atoms with van der Waals surface area (Å²) in [7, 11) is 0. The SMILES string of the molecule is O.O=C([O][Sn]([O]C(=O)C(c1ccccc1)(c1ccccc1)c1ccccc1)([O]C(=O)C(c1ccccc1)(c1ccccc1)c1ccccc1)[O]C(=O)C(c1ccccc1)(c1ccccc1)c1ccccc1)C(c1ccccc1)(c1ccccc1)c1ccccc1. The van der Waals surface area contributed by atoms with Crippen molar-refractivity contribution in [2.45, 2.75) is 21.7 Å². The Morgan fingerprint density at radius 2 is 0.267 bits per heavy atom. The quantitative estimate of drug-likeness (QED) is 0.0543. The van der Waals surface area contributed by atoms with Gasteiger partial charge in [-0.3, -0.25) is 0 Å². The third-order valence-corrected chi connectivity index (χ3v) is 21.5. The van der Waals surface area contributed by atoms with Gasteiger partial charge >= 0.3 is 528 Å². The van der Waals surface area contributed by atoms with Crippen LogP contribution in [0.2, 0.25) is 0 Å². The third-order valence-electron chi connectivity index (χ3n) is 16.6. The Balaban J connectivity index is 0.00000833. The van der Waals surface area contributed by atoms with Crippen molar-refractivity contribution in [2.24, 2.45) is 0 Å². The molecule has 0 unspecified atom stereocenters. The molecular formula is C80H62O9Sn. The molecule has 0 aliphatic heterocycles. The average molecular weight is 1290 g/mol. The molecule has 9 nitrogen and oxygen atoms in total.